The molecule has 1 aliphatic rings. The van der Waals surface area contributed by atoms with Crippen LogP contribution in [0.15, 0.2) is 71.5 Å². The molecule has 2 heterocycles. The van der Waals surface area contributed by atoms with Gasteiger partial charge in [-0.25, -0.2) is 0 Å². The summed E-state index contributed by atoms with van der Waals surface area (Å²) in [7, 11) is 0. The smallest absolute Gasteiger partial charge is 0.142 e. The van der Waals surface area contributed by atoms with Crippen LogP contribution in [0, 0.1) is 16.7 Å². The van der Waals surface area contributed by atoms with Crippen LogP contribution < -0.4 is 20.1 Å². The molecule has 52 heavy (non-hydrogen) atoms. The number of rotatable bonds is 17. The van der Waals surface area contributed by atoms with E-state index in [2.05, 4.69) is 42.5 Å². The maximum Gasteiger partial charge on any atom is 0.142 e. The lowest BCUT2D eigenvalue weighted by atomic mass is 9.96. The number of aliphatic hydroxyl groups is 3. The highest BCUT2D eigenvalue weighted by molar-refractivity contribution is 9.10. The van der Waals surface area contributed by atoms with Crippen molar-refractivity contribution in [1.29, 1.82) is 10.7 Å². The van der Waals surface area contributed by atoms with Gasteiger partial charge in [-0.2, -0.15) is 5.26 Å². The van der Waals surface area contributed by atoms with Crippen LogP contribution in [0.3, 0.4) is 0 Å². The standard InChI is InChI=1S/C39H44BrClN6O5/c1-25(20-48)45-19-29-13-35(41)38(14-37(29)51-23-27-12-26(15-42)17-44-18-27)52-24-28-4-2-6-33(39(28)40)32-5-3-7-36(34(32)16-43)46-30-8-10-47(11-9-30)31(21-49)22-50/h2-7,12-14,16-18,25,30-31,43,45-46,48-50H,8-11,19-24H2,1H3. The molecule has 1 aliphatic heterocycles. The first-order chi connectivity index (χ1) is 25.3. The maximum atomic E-state index is 9.58. The van der Waals surface area contributed by atoms with Gasteiger partial charge in [-0.1, -0.05) is 41.9 Å². The van der Waals surface area contributed by atoms with Gasteiger partial charge in [0, 0.05) is 88.8 Å². The van der Waals surface area contributed by atoms with Crippen molar-refractivity contribution in [1.82, 2.24) is 15.2 Å². The molecule has 1 unspecified atom stereocenters. The fourth-order valence-corrected chi connectivity index (χ4v) is 6.98. The highest BCUT2D eigenvalue weighted by Gasteiger charge is 2.25. The Kier molecular flexibility index (Phi) is 14.4. The summed E-state index contributed by atoms with van der Waals surface area (Å²) < 4.78 is 13.3. The maximum absolute atomic E-state index is 9.58. The van der Waals surface area contributed by atoms with Crippen molar-refractivity contribution < 1.29 is 24.8 Å². The lowest BCUT2D eigenvalue weighted by Gasteiger charge is -2.36. The van der Waals surface area contributed by atoms with Gasteiger partial charge >= 0.3 is 0 Å². The number of aliphatic hydroxyl groups excluding tert-OH is 3. The average molecular weight is 792 g/mol. The zero-order chi connectivity index (χ0) is 37.0. The molecule has 1 aromatic heterocycles. The minimum atomic E-state index is -0.235. The summed E-state index contributed by atoms with van der Waals surface area (Å²) >= 11 is 10.6. The fourth-order valence-electron chi connectivity index (χ4n) is 6.15. The third-order valence-corrected chi connectivity index (χ3v) is 10.4. The Morgan fingerprint density at radius 2 is 1.73 bits per heavy atom. The first kappa shape index (κ1) is 39.2. The van der Waals surface area contributed by atoms with Crippen molar-refractivity contribution in [2.24, 2.45) is 0 Å². The lowest BCUT2D eigenvalue weighted by Crippen LogP contribution is -2.47. The molecule has 0 aliphatic carbocycles. The molecule has 3 aromatic carbocycles. The highest BCUT2D eigenvalue weighted by Crippen LogP contribution is 2.38. The van der Waals surface area contributed by atoms with Gasteiger partial charge in [0.1, 0.15) is 30.8 Å². The monoisotopic (exact) mass is 790 g/mol. The second-order valence-electron chi connectivity index (χ2n) is 12.8. The third kappa shape index (κ3) is 9.87. The van der Waals surface area contributed by atoms with Crippen LogP contribution in [-0.4, -0.2) is 82.5 Å². The number of benzene rings is 3. The Balaban J connectivity index is 1.34. The number of halogens is 2. The minimum absolute atomic E-state index is 0.0220. The summed E-state index contributed by atoms with van der Waals surface area (Å²) in [5, 5.41) is 53.6. The van der Waals surface area contributed by atoms with Crippen LogP contribution in [0.25, 0.3) is 11.1 Å². The summed E-state index contributed by atoms with van der Waals surface area (Å²) in [5.41, 5.74) is 6.29. The number of pyridine rings is 1. The topological polar surface area (TPSA) is 167 Å². The summed E-state index contributed by atoms with van der Waals surface area (Å²) in [6.45, 7) is 4.03. The van der Waals surface area contributed by atoms with E-state index in [0.29, 0.717) is 28.6 Å². The molecule has 1 saturated heterocycles. The van der Waals surface area contributed by atoms with E-state index in [4.69, 9.17) is 26.5 Å². The van der Waals surface area contributed by atoms with Gasteiger partial charge in [0.25, 0.3) is 0 Å². The normalized spacial score (nSPS) is 14.2. The van der Waals surface area contributed by atoms with Crippen molar-refractivity contribution in [2.75, 3.05) is 38.2 Å². The summed E-state index contributed by atoms with van der Waals surface area (Å²) in [4.78, 5) is 6.25. The number of nitrogens with zero attached hydrogens (tertiary/aromatic N) is 3. The first-order valence-electron chi connectivity index (χ1n) is 17.2. The summed E-state index contributed by atoms with van der Waals surface area (Å²) in [5.74, 6) is 0.970. The lowest BCUT2D eigenvalue weighted by molar-refractivity contribution is 0.0589. The molecule has 0 spiro atoms. The minimum Gasteiger partial charge on any atom is -0.488 e. The Morgan fingerprint density at radius 3 is 2.44 bits per heavy atom. The molecule has 4 aromatic rings. The number of ether oxygens (including phenoxy) is 2. The Bertz CT molecular complexity index is 1860. The molecule has 0 radical (unpaired) electrons. The molecule has 1 atom stereocenters. The van der Waals surface area contributed by atoms with Gasteiger partial charge in [-0.05, 0) is 65.0 Å². The highest BCUT2D eigenvalue weighted by atomic mass is 79.9. The van der Waals surface area contributed by atoms with E-state index in [1.54, 1.807) is 24.4 Å². The molecular formula is C39H44BrClN6O5. The Labute approximate surface area is 317 Å². The third-order valence-electron chi connectivity index (χ3n) is 9.18. The Hall–Kier alpha value is -4.06. The molecule has 5 rings (SSSR count). The number of piperidine rings is 1. The number of nitriles is 1. The first-order valence-corrected chi connectivity index (χ1v) is 18.3. The van der Waals surface area contributed by atoms with E-state index in [0.717, 1.165) is 69.5 Å². The van der Waals surface area contributed by atoms with Crippen LogP contribution in [0.2, 0.25) is 5.02 Å². The quantitative estimate of drug-likeness (QED) is 0.0710. The number of hydrogen-bond acceptors (Lipinski definition) is 11. The number of nitrogens with one attached hydrogen (secondary N) is 3. The van der Waals surface area contributed by atoms with Crippen LogP contribution in [0.1, 0.15) is 47.6 Å². The molecule has 13 heteroatoms. The number of aromatic nitrogens is 1. The van der Waals surface area contributed by atoms with E-state index in [9.17, 15) is 20.6 Å². The van der Waals surface area contributed by atoms with Gasteiger partial charge in [-0.15, -0.1) is 0 Å². The molecule has 0 saturated carbocycles. The summed E-state index contributed by atoms with van der Waals surface area (Å²) in [6, 6.07) is 19.1. The van der Waals surface area contributed by atoms with Gasteiger partial charge in [0.05, 0.1) is 36.4 Å². The van der Waals surface area contributed by atoms with E-state index in [1.807, 2.05) is 43.3 Å². The van der Waals surface area contributed by atoms with E-state index < -0.39 is 0 Å². The number of likely N-dealkylation sites (tertiary alicyclic amines) is 1. The molecule has 0 bridgehead atoms. The average Bonchev–Trinajstić information content (AvgIpc) is 3.17. The van der Waals surface area contributed by atoms with Crippen LogP contribution in [0.4, 0.5) is 5.69 Å². The number of anilines is 1. The van der Waals surface area contributed by atoms with Crippen molar-refractivity contribution in [2.45, 2.75) is 57.6 Å². The predicted octanol–water partition coefficient (Wildman–Crippen LogP) is 5.89. The van der Waals surface area contributed by atoms with Crippen molar-refractivity contribution in [3.05, 3.63) is 104 Å². The molecule has 6 N–H and O–H groups in total. The Morgan fingerprint density at radius 1 is 1.00 bits per heavy atom. The van der Waals surface area contributed by atoms with Crippen LogP contribution in [0.5, 0.6) is 11.5 Å². The number of hydrogen-bond donors (Lipinski definition) is 6. The molecule has 274 valence electrons. The van der Waals surface area contributed by atoms with Crippen LogP contribution in [-0.2, 0) is 19.8 Å². The largest absolute Gasteiger partial charge is 0.488 e. The fraction of sp³-hybridized carbons (Fsp3) is 0.359. The van der Waals surface area contributed by atoms with Crippen molar-refractivity contribution in [3.63, 3.8) is 0 Å². The van der Waals surface area contributed by atoms with Crippen molar-refractivity contribution in [3.8, 4) is 28.7 Å². The van der Waals surface area contributed by atoms with E-state index in [-0.39, 0.29) is 51.2 Å². The second-order valence-corrected chi connectivity index (χ2v) is 14.0. The van der Waals surface area contributed by atoms with Gasteiger partial charge in [-0.3, -0.25) is 9.88 Å². The zero-order valence-electron chi connectivity index (χ0n) is 29.0. The molecular weight excluding hydrogens is 748 g/mol. The zero-order valence-corrected chi connectivity index (χ0v) is 31.3. The molecule has 1 fully saturated rings. The van der Waals surface area contributed by atoms with Crippen LogP contribution >= 0.6 is 27.5 Å². The summed E-state index contributed by atoms with van der Waals surface area (Å²) in [6.07, 6.45) is 6.24. The predicted molar refractivity (Wildman–Crippen MR) is 206 cm³/mol. The second kappa shape index (κ2) is 19.1. The SMILES string of the molecule is CC(CO)NCc1cc(Cl)c(OCc2cccc(-c3cccc(NC4CCN(C(CO)CO)CC4)c3C=N)c2Br)cc1OCc1cncc(C#N)c1. The molecule has 0 amide bonds. The molecule has 11 nitrogen and oxygen atoms in total. The van der Waals surface area contributed by atoms with Gasteiger partial charge in [0.15, 0.2) is 0 Å². The van der Waals surface area contributed by atoms with E-state index >= 15 is 0 Å². The van der Waals surface area contributed by atoms with Crippen molar-refractivity contribution >= 4 is 39.4 Å². The van der Waals surface area contributed by atoms with E-state index in [1.165, 1.54) is 12.4 Å². The van der Waals surface area contributed by atoms with Gasteiger partial charge in [0.2, 0.25) is 0 Å². The van der Waals surface area contributed by atoms with Gasteiger partial charge < -0.3 is 40.8 Å².